The second-order valence-electron chi connectivity index (χ2n) is 4.14. The molecule has 4 nitrogen and oxygen atoms in total. The van der Waals surface area contributed by atoms with Crippen LogP contribution >= 0.6 is 11.3 Å². The zero-order chi connectivity index (χ0) is 13.1. The van der Waals surface area contributed by atoms with Gasteiger partial charge in [0.15, 0.2) is 0 Å². The third-order valence-electron chi connectivity index (χ3n) is 2.87. The summed E-state index contributed by atoms with van der Waals surface area (Å²) in [6, 6.07) is 5.68. The zero-order valence-electron chi connectivity index (χ0n) is 10.8. The fraction of sp³-hybridized carbons (Fsp3) is 0.308. The molecule has 0 bridgehead atoms. The summed E-state index contributed by atoms with van der Waals surface area (Å²) >= 11 is 1.66. The Morgan fingerprint density at radius 2 is 2.22 bits per heavy atom. The molecule has 0 radical (unpaired) electrons. The predicted molar refractivity (Wildman–Crippen MR) is 76.4 cm³/mol. The summed E-state index contributed by atoms with van der Waals surface area (Å²) in [6.45, 7) is 2.82. The Hall–Kier alpha value is -1.75. The fourth-order valence-electron chi connectivity index (χ4n) is 1.76. The second-order valence-corrected chi connectivity index (χ2v) is 5.08. The van der Waals surface area contributed by atoms with Gasteiger partial charge in [0.1, 0.15) is 5.75 Å². The molecule has 1 aromatic heterocycles. The number of rotatable bonds is 4. The maximum Gasteiger partial charge on any atom is 0.121 e. The van der Waals surface area contributed by atoms with Crippen molar-refractivity contribution >= 4 is 22.7 Å². The highest BCUT2D eigenvalue weighted by Gasteiger charge is 2.10. The molecular weight excluding hydrogens is 246 g/mol. The number of ether oxygens (including phenoxy) is 1. The summed E-state index contributed by atoms with van der Waals surface area (Å²) < 4.78 is 5.23. The van der Waals surface area contributed by atoms with E-state index in [9.17, 15) is 0 Å². The van der Waals surface area contributed by atoms with Crippen LogP contribution in [0.4, 0.5) is 11.4 Å². The van der Waals surface area contributed by atoms with E-state index in [-0.39, 0.29) is 0 Å². The van der Waals surface area contributed by atoms with Gasteiger partial charge in [0, 0.05) is 18.0 Å². The van der Waals surface area contributed by atoms with E-state index in [1.807, 2.05) is 37.7 Å². The number of hydrogen-bond donors (Lipinski definition) is 1. The van der Waals surface area contributed by atoms with Gasteiger partial charge < -0.3 is 15.4 Å². The number of nitrogens with zero attached hydrogens (tertiary/aromatic N) is 2. The lowest BCUT2D eigenvalue weighted by Gasteiger charge is -2.21. The first-order chi connectivity index (χ1) is 8.61. The number of anilines is 2. The van der Waals surface area contributed by atoms with E-state index in [0.29, 0.717) is 0 Å². The highest BCUT2D eigenvalue weighted by atomic mass is 32.1. The van der Waals surface area contributed by atoms with Crippen LogP contribution < -0.4 is 15.4 Å². The van der Waals surface area contributed by atoms with Gasteiger partial charge in [0.25, 0.3) is 0 Å². The fourth-order valence-corrected chi connectivity index (χ4v) is 2.59. The third-order valence-corrected chi connectivity index (χ3v) is 3.79. The van der Waals surface area contributed by atoms with Gasteiger partial charge >= 0.3 is 0 Å². The van der Waals surface area contributed by atoms with Crippen LogP contribution in [0.25, 0.3) is 0 Å². The third kappa shape index (κ3) is 2.56. The van der Waals surface area contributed by atoms with Crippen molar-refractivity contribution in [2.24, 2.45) is 0 Å². The van der Waals surface area contributed by atoms with Crippen LogP contribution in [-0.4, -0.2) is 19.1 Å². The number of aryl methyl sites for hydroxylation is 1. The molecule has 0 amide bonds. The summed E-state index contributed by atoms with van der Waals surface area (Å²) in [4.78, 5) is 7.61. The van der Waals surface area contributed by atoms with Crippen molar-refractivity contribution in [2.75, 3.05) is 24.8 Å². The highest BCUT2D eigenvalue weighted by Crippen LogP contribution is 2.29. The van der Waals surface area contributed by atoms with Crippen molar-refractivity contribution in [3.8, 4) is 5.75 Å². The van der Waals surface area contributed by atoms with Crippen molar-refractivity contribution < 1.29 is 4.74 Å². The smallest absolute Gasteiger partial charge is 0.121 e. The minimum atomic E-state index is 0.750. The molecule has 0 aliphatic carbocycles. The van der Waals surface area contributed by atoms with Crippen LogP contribution in [0.3, 0.4) is 0 Å². The monoisotopic (exact) mass is 263 g/mol. The molecule has 0 aliphatic heterocycles. The molecule has 1 aromatic carbocycles. The summed E-state index contributed by atoms with van der Waals surface area (Å²) in [7, 11) is 3.67. The van der Waals surface area contributed by atoms with Crippen LogP contribution in [0.5, 0.6) is 5.75 Å². The zero-order valence-corrected chi connectivity index (χ0v) is 11.6. The summed E-state index contributed by atoms with van der Waals surface area (Å²) in [5.41, 5.74) is 10.7. The van der Waals surface area contributed by atoms with E-state index in [4.69, 9.17) is 10.5 Å². The van der Waals surface area contributed by atoms with E-state index >= 15 is 0 Å². The molecule has 18 heavy (non-hydrogen) atoms. The number of thiazole rings is 1. The molecule has 1 heterocycles. The summed E-state index contributed by atoms with van der Waals surface area (Å²) in [5, 5.41) is 0. The first-order valence-corrected chi connectivity index (χ1v) is 6.53. The average Bonchev–Trinajstić information content (AvgIpc) is 2.75. The molecule has 5 heteroatoms. The van der Waals surface area contributed by atoms with Crippen LogP contribution in [0, 0.1) is 6.92 Å². The van der Waals surface area contributed by atoms with E-state index < -0.39 is 0 Å². The molecule has 0 aliphatic rings. The SMILES string of the molecule is COc1ccc(N)c(N(C)Cc2scnc2C)c1. The number of benzene rings is 1. The topological polar surface area (TPSA) is 51.4 Å². The molecule has 0 atom stereocenters. The van der Waals surface area contributed by atoms with E-state index in [2.05, 4.69) is 9.88 Å². The van der Waals surface area contributed by atoms with Crippen molar-refractivity contribution in [2.45, 2.75) is 13.5 Å². The number of nitrogen functional groups attached to an aromatic ring is 1. The standard InChI is InChI=1S/C13H17N3OS/c1-9-13(18-8-15-9)7-16(2)12-6-10(17-3)4-5-11(12)14/h4-6,8H,7,14H2,1-3H3. The Bertz CT molecular complexity index is 539. The minimum absolute atomic E-state index is 0.750. The summed E-state index contributed by atoms with van der Waals surface area (Å²) in [5.74, 6) is 0.812. The maximum absolute atomic E-state index is 6.00. The number of nitrogens with two attached hydrogens (primary N) is 1. The van der Waals surface area contributed by atoms with Gasteiger partial charge in [0.05, 0.1) is 36.2 Å². The lowest BCUT2D eigenvalue weighted by atomic mass is 10.2. The first kappa shape index (κ1) is 12.7. The van der Waals surface area contributed by atoms with Crippen molar-refractivity contribution in [3.05, 3.63) is 34.3 Å². The molecule has 0 saturated carbocycles. The van der Waals surface area contributed by atoms with Crippen molar-refractivity contribution in [1.82, 2.24) is 4.98 Å². The Kier molecular flexibility index (Phi) is 3.72. The Morgan fingerprint density at radius 3 is 2.83 bits per heavy atom. The summed E-state index contributed by atoms with van der Waals surface area (Å²) in [6.07, 6.45) is 0. The van der Waals surface area contributed by atoms with Gasteiger partial charge in [0.2, 0.25) is 0 Å². The second kappa shape index (κ2) is 5.27. The number of hydrogen-bond acceptors (Lipinski definition) is 5. The van der Waals surface area contributed by atoms with Crippen LogP contribution in [0.1, 0.15) is 10.6 Å². The molecular formula is C13H17N3OS. The molecule has 0 spiro atoms. The number of aromatic nitrogens is 1. The Balaban J connectivity index is 2.23. The molecule has 0 unspecified atom stereocenters. The van der Waals surface area contributed by atoms with Crippen LogP contribution in [0.15, 0.2) is 23.7 Å². The molecule has 96 valence electrons. The van der Waals surface area contributed by atoms with Crippen LogP contribution in [0.2, 0.25) is 0 Å². The predicted octanol–water partition coefficient (Wildman–Crippen LogP) is 2.68. The molecule has 2 aromatic rings. The van der Waals surface area contributed by atoms with Crippen molar-refractivity contribution in [1.29, 1.82) is 0 Å². The van der Waals surface area contributed by atoms with Crippen molar-refractivity contribution in [3.63, 3.8) is 0 Å². The average molecular weight is 263 g/mol. The van der Waals surface area contributed by atoms with Gasteiger partial charge in [-0.25, -0.2) is 4.98 Å². The Morgan fingerprint density at radius 1 is 1.44 bits per heavy atom. The van der Waals surface area contributed by atoms with Gasteiger partial charge in [-0.05, 0) is 19.1 Å². The van der Waals surface area contributed by atoms with Gasteiger partial charge in [-0.1, -0.05) is 0 Å². The lowest BCUT2D eigenvalue weighted by molar-refractivity contribution is 0.415. The lowest BCUT2D eigenvalue weighted by Crippen LogP contribution is -2.17. The Labute approximate surface area is 111 Å². The minimum Gasteiger partial charge on any atom is -0.497 e. The highest BCUT2D eigenvalue weighted by molar-refractivity contribution is 7.09. The van der Waals surface area contributed by atoms with Gasteiger partial charge in [-0.2, -0.15) is 0 Å². The molecule has 0 saturated heterocycles. The van der Waals surface area contributed by atoms with Gasteiger partial charge in [-0.3, -0.25) is 0 Å². The maximum atomic E-state index is 6.00. The largest absolute Gasteiger partial charge is 0.497 e. The molecule has 2 N–H and O–H groups in total. The van der Waals surface area contributed by atoms with E-state index in [0.717, 1.165) is 29.4 Å². The molecule has 0 fully saturated rings. The molecule has 2 rings (SSSR count). The van der Waals surface area contributed by atoms with E-state index in [1.165, 1.54) is 4.88 Å². The number of methoxy groups -OCH3 is 1. The first-order valence-electron chi connectivity index (χ1n) is 5.65. The van der Waals surface area contributed by atoms with Gasteiger partial charge in [-0.15, -0.1) is 11.3 Å². The van der Waals surface area contributed by atoms with Crippen LogP contribution in [-0.2, 0) is 6.54 Å². The van der Waals surface area contributed by atoms with E-state index in [1.54, 1.807) is 18.4 Å². The normalized spacial score (nSPS) is 10.4. The quantitative estimate of drug-likeness (QED) is 0.862.